The Morgan fingerprint density at radius 2 is 2.10 bits per heavy atom. The minimum atomic E-state index is 0.164. The molecule has 1 aliphatic rings. The molecule has 1 fully saturated rings. The van der Waals surface area contributed by atoms with Crippen LogP contribution in [-0.2, 0) is 16.0 Å². The monoisotopic (exact) mass is 287 g/mol. The molecule has 3 rings (SSSR count). The number of fused-ring (bicyclic) bond motifs is 1. The Morgan fingerprint density at radius 1 is 1.29 bits per heavy atom. The molecule has 5 nitrogen and oxygen atoms in total. The zero-order chi connectivity index (χ0) is 14.5. The van der Waals surface area contributed by atoms with Gasteiger partial charge >= 0.3 is 0 Å². The molecule has 0 atom stereocenters. The molecule has 112 valence electrons. The fourth-order valence-electron chi connectivity index (χ4n) is 2.68. The summed E-state index contributed by atoms with van der Waals surface area (Å²) in [6, 6.07) is 8.28. The van der Waals surface area contributed by atoms with E-state index in [4.69, 9.17) is 4.74 Å². The van der Waals surface area contributed by atoms with Crippen molar-refractivity contribution in [2.24, 2.45) is 0 Å². The van der Waals surface area contributed by atoms with Crippen molar-refractivity contribution in [1.29, 1.82) is 0 Å². The zero-order valence-electron chi connectivity index (χ0n) is 12.1. The molecule has 2 heterocycles. The number of morpholine rings is 1. The van der Waals surface area contributed by atoms with E-state index in [1.54, 1.807) is 0 Å². The van der Waals surface area contributed by atoms with Crippen molar-refractivity contribution in [3.8, 4) is 0 Å². The topological polar surface area (TPSA) is 57.4 Å². The second-order valence-electron chi connectivity index (χ2n) is 5.28. The van der Waals surface area contributed by atoms with Crippen LogP contribution in [0.3, 0.4) is 0 Å². The summed E-state index contributed by atoms with van der Waals surface area (Å²) >= 11 is 0. The number of amides is 1. The van der Waals surface area contributed by atoms with Gasteiger partial charge < -0.3 is 19.9 Å². The number of nitrogens with one attached hydrogen (secondary N) is 2. The SMILES string of the molecule is O=C(CNCCc1c[nH]c2ccccc12)N1CCOCC1. The Labute approximate surface area is 124 Å². The minimum Gasteiger partial charge on any atom is -0.378 e. The van der Waals surface area contributed by atoms with Crippen LogP contribution in [0.25, 0.3) is 10.9 Å². The minimum absolute atomic E-state index is 0.164. The number of rotatable bonds is 5. The van der Waals surface area contributed by atoms with Crippen LogP contribution in [0.5, 0.6) is 0 Å². The predicted octanol–water partition coefficient (Wildman–Crippen LogP) is 1.16. The fraction of sp³-hybridized carbons (Fsp3) is 0.438. The van der Waals surface area contributed by atoms with Gasteiger partial charge in [0.15, 0.2) is 0 Å². The molecule has 0 saturated carbocycles. The summed E-state index contributed by atoms with van der Waals surface area (Å²) in [6.07, 6.45) is 2.97. The molecule has 1 aromatic carbocycles. The van der Waals surface area contributed by atoms with Gasteiger partial charge in [-0.25, -0.2) is 0 Å². The van der Waals surface area contributed by atoms with Crippen molar-refractivity contribution in [3.05, 3.63) is 36.0 Å². The standard InChI is InChI=1S/C16H21N3O2/c20-16(19-7-9-21-10-8-19)12-17-6-5-13-11-18-15-4-2-1-3-14(13)15/h1-4,11,17-18H,5-10,12H2. The molecule has 0 bridgehead atoms. The maximum atomic E-state index is 12.0. The molecule has 2 N–H and O–H groups in total. The molecule has 1 aliphatic heterocycles. The van der Waals surface area contributed by atoms with Gasteiger partial charge in [-0.05, 0) is 24.6 Å². The van der Waals surface area contributed by atoms with Gasteiger partial charge in [0.05, 0.1) is 19.8 Å². The van der Waals surface area contributed by atoms with Gasteiger partial charge in [0.1, 0.15) is 0 Å². The van der Waals surface area contributed by atoms with E-state index in [1.807, 2.05) is 11.0 Å². The van der Waals surface area contributed by atoms with Gasteiger partial charge in [0.2, 0.25) is 5.91 Å². The first-order valence-corrected chi connectivity index (χ1v) is 7.46. The third-order valence-corrected chi connectivity index (χ3v) is 3.89. The summed E-state index contributed by atoms with van der Waals surface area (Å²) in [5.74, 6) is 0.164. The van der Waals surface area contributed by atoms with E-state index in [-0.39, 0.29) is 5.91 Å². The van der Waals surface area contributed by atoms with Crippen LogP contribution in [0, 0.1) is 0 Å². The van der Waals surface area contributed by atoms with Crippen LogP contribution >= 0.6 is 0 Å². The van der Waals surface area contributed by atoms with E-state index >= 15 is 0 Å². The van der Waals surface area contributed by atoms with E-state index < -0.39 is 0 Å². The van der Waals surface area contributed by atoms with E-state index in [9.17, 15) is 4.79 Å². The number of benzene rings is 1. The second-order valence-corrected chi connectivity index (χ2v) is 5.28. The Morgan fingerprint density at radius 3 is 2.95 bits per heavy atom. The highest BCUT2D eigenvalue weighted by Crippen LogP contribution is 2.17. The van der Waals surface area contributed by atoms with Crippen LogP contribution in [0.4, 0.5) is 0 Å². The number of carbonyl (C=O) groups excluding carboxylic acids is 1. The lowest BCUT2D eigenvalue weighted by molar-refractivity contribution is -0.134. The number of nitrogens with zero attached hydrogens (tertiary/aromatic N) is 1. The summed E-state index contributed by atoms with van der Waals surface area (Å²) in [5.41, 5.74) is 2.45. The lowest BCUT2D eigenvalue weighted by Crippen LogP contribution is -2.44. The molecule has 0 unspecified atom stereocenters. The molecule has 1 saturated heterocycles. The number of para-hydroxylation sites is 1. The van der Waals surface area contributed by atoms with Gasteiger partial charge in [0, 0.05) is 30.2 Å². The Bertz CT molecular complexity index is 602. The Hall–Kier alpha value is -1.85. The van der Waals surface area contributed by atoms with Gasteiger partial charge in [-0.2, -0.15) is 0 Å². The summed E-state index contributed by atoms with van der Waals surface area (Å²) < 4.78 is 5.25. The number of ether oxygens (including phenoxy) is 1. The molecule has 2 aromatic rings. The molecular weight excluding hydrogens is 266 g/mol. The summed E-state index contributed by atoms with van der Waals surface area (Å²) in [4.78, 5) is 17.1. The quantitative estimate of drug-likeness (QED) is 0.811. The van der Waals surface area contributed by atoms with E-state index in [1.165, 1.54) is 10.9 Å². The highest BCUT2D eigenvalue weighted by molar-refractivity contribution is 5.83. The van der Waals surface area contributed by atoms with Gasteiger partial charge in [-0.1, -0.05) is 18.2 Å². The van der Waals surface area contributed by atoms with Crippen LogP contribution in [-0.4, -0.2) is 55.2 Å². The average Bonchev–Trinajstić information content (AvgIpc) is 2.95. The largest absolute Gasteiger partial charge is 0.378 e. The number of hydrogen-bond donors (Lipinski definition) is 2. The molecule has 0 radical (unpaired) electrons. The molecule has 0 aliphatic carbocycles. The Kier molecular flexibility index (Phi) is 4.52. The van der Waals surface area contributed by atoms with Gasteiger partial charge in [-0.15, -0.1) is 0 Å². The van der Waals surface area contributed by atoms with Crippen molar-refractivity contribution in [3.63, 3.8) is 0 Å². The van der Waals surface area contributed by atoms with E-state index in [0.29, 0.717) is 32.8 Å². The normalized spacial score (nSPS) is 15.5. The molecule has 5 heteroatoms. The number of hydrogen-bond acceptors (Lipinski definition) is 3. The average molecular weight is 287 g/mol. The lowest BCUT2D eigenvalue weighted by Gasteiger charge is -2.26. The number of aromatic nitrogens is 1. The third-order valence-electron chi connectivity index (χ3n) is 3.89. The van der Waals surface area contributed by atoms with Crippen LogP contribution < -0.4 is 5.32 Å². The highest BCUT2D eigenvalue weighted by atomic mass is 16.5. The predicted molar refractivity (Wildman–Crippen MR) is 82.3 cm³/mol. The number of H-pyrrole nitrogens is 1. The first-order chi connectivity index (χ1) is 10.3. The summed E-state index contributed by atoms with van der Waals surface area (Å²) in [6.45, 7) is 3.94. The maximum absolute atomic E-state index is 12.0. The first kappa shape index (κ1) is 14.1. The molecule has 21 heavy (non-hydrogen) atoms. The second kappa shape index (κ2) is 6.74. The van der Waals surface area contributed by atoms with Crippen LogP contribution in [0.1, 0.15) is 5.56 Å². The van der Waals surface area contributed by atoms with Crippen molar-refractivity contribution in [1.82, 2.24) is 15.2 Å². The first-order valence-electron chi connectivity index (χ1n) is 7.46. The third kappa shape index (κ3) is 3.43. The van der Waals surface area contributed by atoms with Crippen molar-refractivity contribution in [2.45, 2.75) is 6.42 Å². The maximum Gasteiger partial charge on any atom is 0.236 e. The number of aromatic amines is 1. The molecule has 1 amide bonds. The van der Waals surface area contributed by atoms with E-state index in [0.717, 1.165) is 18.5 Å². The molecular formula is C16H21N3O2. The van der Waals surface area contributed by atoms with Gasteiger partial charge in [0.25, 0.3) is 0 Å². The summed E-state index contributed by atoms with van der Waals surface area (Å²) in [5, 5.41) is 4.50. The van der Waals surface area contributed by atoms with Crippen LogP contribution in [0.2, 0.25) is 0 Å². The highest BCUT2D eigenvalue weighted by Gasteiger charge is 2.15. The Balaban J connectivity index is 1.44. The van der Waals surface area contributed by atoms with Crippen molar-refractivity contribution in [2.75, 3.05) is 39.4 Å². The lowest BCUT2D eigenvalue weighted by atomic mass is 10.1. The fourth-order valence-corrected chi connectivity index (χ4v) is 2.68. The number of carbonyl (C=O) groups is 1. The van der Waals surface area contributed by atoms with E-state index in [2.05, 4.69) is 34.7 Å². The van der Waals surface area contributed by atoms with Crippen molar-refractivity contribution < 1.29 is 9.53 Å². The van der Waals surface area contributed by atoms with Crippen molar-refractivity contribution >= 4 is 16.8 Å². The summed E-state index contributed by atoms with van der Waals surface area (Å²) in [7, 11) is 0. The molecule has 0 spiro atoms. The smallest absolute Gasteiger partial charge is 0.236 e. The van der Waals surface area contributed by atoms with Crippen LogP contribution in [0.15, 0.2) is 30.5 Å². The zero-order valence-corrected chi connectivity index (χ0v) is 12.1. The molecule has 1 aromatic heterocycles. The van der Waals surface area contributed by atoms with Gasteiger partial charge in [-0.3, -0.25) is 4.79 Å².